The largest absolute Gasteiger partial charge is 0.497 e. The Morgan fingerprint density at radius 1 is 1.04 bits per heavy atom. The molecule has 12 heteroatoms. The first-order valence-electron chi connectivity index (χ1n) is 15.2. The number of benzene rings is 2. The quantitative estimate of drug-likeness (QED) is 0.288. The van der Waals surface area contributed by atoms with Gasteiger partial charge in [-0.25, -0.2) is 4.79 Å². The minimum Gasteiger partial charge on any atom is -0.497 e. The van der Waals surface area contributed by atoms with Gasteiger partial charge in [-0.1, -0.05) is 31.2 Å². The maximum absolute atomic E-state index is 13.7. The Kier molecular flexibility index (Phi) is 7.98. The molecule has 2 aliphatic heterocycles. The lowest BCUT2D eigenvalue weighted by molar-refractivity contribution is -0.151. The van der Waals surface area contributed by atoms with Gasteiger partial charge in [-0.2, -0.15) is 8.42 Å². The number of imidazole rings is 1. The highest BCUT2D eigenvalue weighted by molar-refractivity contribution is 7.90. The van der Waals surface area contributed by atoms with E-state index in [-0.39, 0.29) is 47.2 Å². The van der Waals surface area contributed by atoms with Gasteiger partial charge in [-0.05, 0) is 79.0 Å². The van der Waals surface area contributed by atoms with Gasteiger partial charge in [-0.3, -0.25) is 28.2 Å². The molecule has 2 unspecified atom stereocenters. The molecule has 0 bridgehead atoms. The number of allylic oxidation sites excluding steroid dienone is 3. The highest BCUT2D eigenvalue weighted by Crippen LogP contribution is 2.40. The third-order valence-corrected chi connectivity index (χ3v) is 10.4. The zero-order valence-corrected chi connectivity index (χ0v) is 26.5. The van der Waals surface area contributed by atoms with Crippen LogP contribution >= 0.6 is 0 Å². The predicted octanol–water partition coefficient (Wildman–Crippen LogP) is 4.19. The van der Waals surface area contributed by atoms with E-state index in [2.05, 4.69) is 11.8 Å². The summed E-state index contributed by atoms with van der Waals surface area (Å²) in [7, 11) is -0.922. The van der Waals surface area contributed by atoms with Gasteiger partial charge >= 0.3 is 5.69 Å². The Hall–Kier alpha value is -4.16. The van der Waals surface area contributed by atoms with E-state index in [9.17, 15) is 27.4 Å². The van der Waals surface area contributed by atoms with Gasteiger partial charge in [0.1, 0.15) is 11.8 Å². The Morgan fingerprint density at radius 3 is 2.47 bits per heavy atom. The lowest BCUT2D eigenvalue weighted by Crippen LogP contribution is -2.47. The van der Waals surface area contributed by atoms with E-state index in [1.807, 2.05) is 36.4 Å². The normalized spacial score (nSPS) is 24.0. The van der Waals surface area contributed by atoms with Gasteiger partial charge in [0.25, 0.3) is 16.0 Å². The maximum atomic E-state index is 13.7. The van der Waals surface area contributed by atoms with Crippen molar-refractivity contribution in [3.05, 3.63) is 81.6 Å². The van der Waals surface area contributed by atoms with E-state index in [0.29, 0.717) is 23.6 Å². The number of hydrogen-bond acceptors (Lipinski definition) is 7. The van der Waals surface area contributed by atoms with Crippen LogP contribution in [-0.2, 0) is 33.3 Å². The Morgan fingerprint density at radius 2 is 1.80 bits per heavy atom. The molecule has 1 N–H and O–H groups in total. The number of likely N-dealkylation sites (tertiary alicyclic amines) is 1. The summed E-state index contributed by atoms with van der Waals surface area (Å²) < 4.78 is 40.6. The Balaban J connectivity index is 1.19. The first-order valence-corrected chi connectivity index (χ1v) is 16.6. The second-order valence-corrected chi connectivity index (χ2v) is 14.1. The molecule has 3 heterocycles. The van der Waals surface area contributed by atoms with Crippen LogP contribution in [0.4, 0.5) is 5.69 Å². The molecule has 2 aromatic carbocycles. The van der Waals surface area contributed by atoms with Crippen molar-refractivity contribution in [1.29, 1.82) is 0 Å². The summed E-state index contributed by atoms with van der Waals surface area (Å²) in [6.45, 7) is 3.90. The van der Waals surface area contributed by atoms with Gasteiger partial charge < -0.3 is 9.64 Å². The van der Waals surface area contributed by atoms with E-state index in [0.717, 1.165) is 42.7 Å². The summed E-state index contributed by atoms with van der Waals surface area (Å²) in [5, 5.41) is 0. The van der Waals surface area contributed by atoms with Crippen LogP contribution < -0.4 is 15.3 Å². The van der Waals surface area contributed by atoms with Crippen LogP contribution in [0.15, 0.2) is 70.4 Å². The van der Waals surface area contributed by atoms with E-state index in [1.54, 1.807) is 36.9 Å². The number of ether oxygens (including phenoxy) is 1. The molecule has 3 aliphatic rings. The van der Waals surface area contributed by atoms with E-state index < -0.39 is 16.2 Å². The summed E-state index contributed by atoms with van der Waals surface area (Å²) in [4.78, 5) is 43.6. The maximum Gasteiger partial charge on any atom is 0.329 e. The molecule has 1 aliphatic carbocycles. The van der Waals surface area contributed by atoms with Gasteiger partial charge in [0, 0.05) is 32.2 Å². The lowest BCUT2D eigenvalue weighted by atomic mass is 9.76. The molecule has 238 valence electrons. The van der Waals surface area contributed by atoms with Crippen molar-refractivity contribution in [1.82, 2.24) is 14.0 Å². The SMILES string of the molecule is COc1ccc(CN2C(=O)CCC(n3c(=O)n(C)c4cc(N5CC[C@H](CC6(C)C=CC(S(=O)(=O)O)=CC6)C5)ccc43)C2=O)cc1. The van der Waals surface area contributed by atoms with Gasteiger partial charge in [0.15, 0.2) is 0 Å². The number of rotatable bonds is 8. The third-order valence-electron chi connectivity index (χ3n) is 9.49. The smallest absolute Gasteiger partial charge is 0.329 e. The predicted molar refractivity (Wildman–Crippen MR) is 170 cm³/mol. The minimum absolute atomic E-state index is 0.0506. The average molecular weight is 635 g/mol. The van der Waals surface area contributed by atoms with Crippen molar-refractivity contribution in [3.8, 4) is 5.75 Å². The van der Waals surface area contributed by atoms with Crippen LogP contribution in [-0.4, -0.2) is 59.0 Å². The molecule has 2 amide bonds. The van der Waals surface area contributed by atoms with E-state index >= 15 is 0 Å². The minimum atomic E-state index is -4.20. The molecule has 2 saturated heterocycles. The molecule has 11 nitrogen and oxygen atoms in total. The van der Waals surface area contributed by atoms with Gasteiger partial charge in [-0.15, -0.1) is 0 Å². The number of fused-ring (bicyclic) bond motifs is 1. The number of imide groups is 1. The molecule has 3 atom stereocenters. The van der Waals surface area contributed by atoms with Gasteiger partial charge in [0.2, 0.25) is 5.91 Å². The van der Waals surface area contributed by atoms with E-state index in [1.165, 1.54) is 15.5 Å². The summed E-state index contributed by atoms with van der Waals surface area (Å²) >= 11 is 0. The van der Waals surface area contributed by atoms with Crippen LogP contribution in [0.2, 0.25) is 0 Å². The molecule has 0 radical (unpaired) electrons. The molecular weight excluding hydrogens is 596 g/mol. The average Bonchev–Trinajstić information content (AvgIpc) is 3.57. The zero-order chi connectivity index (χ0) is 32.1. The van der Waals surface area contributed by atoms with Gasteiger partial charge in [0.05, 0.1) is 29.6 Å². The van der Waals surface area contributed by atoms with Crippen LogP contribution in [0, 0.1) is 11.3 Å². The first-order chi connectivity index (χ1) is 21.4. The Bertz CT molecular complexity index is 1890. The fourth-order valence-corrected chi connectivity index (χ4v) is 7.51. The first kappa shape index (κ1) is 30.8. The van der Waals surface area contributed by atoms with Crippen LogP contribution in [0.3, 0.4) is 0 Å². The van der Waals surface area contributed by atoms with Crippen molar-refractivity contribution in [2.24, 2.45) is 18.4 Å². The lowest BCUT2D eigenvalue weighted by Gasteiger charge is -2.31. The molecule has 0 spiro atoms. The number of nitrogens with zero attached hydrogens (tertiary/aromatic N) is 4. The molecule has 2 fully saturated rings. The zero-order valence-electron chi connectivity index (χ0n) is 25.7. The second kappa shape index (κ2) is 11.6. The molecule has 6 rings (SSSR count). The monoisotopic (exact) mass is 634 g/mol. The summed E-state index contributed by atoms with van der Waals surface area (Å²) in [6.07, 6.45) is 7.81. The van der Waals surface area contributed by atoms with Crippen LogP contribution in [0.25, 0.3) is 11.0 Å². The number of hydrogen-bond donors (Lipinski definition) is 1. The van der Waals surface area contributed by atoms with Crippen molar-refractivity contribution < 1.29 is 27.3 Å². The molecule has 45 heavy (non-hydrogen) atoms. The van der Waals surface area contributed by atoms with Crippen molar-refractivity contribution in [3.63, 3.8) is 0 Å². The van der Waals surface area contributed by atoms with Crippen molar-refractivity contribution >= 4 is 38.7 Å². The number of anilines is 1. The molecular formula is C33H38N4O7S. The number of methoxy groups -OCH3 is 1. The standard InChI is InChI=1S/C33H38N4O7S/c1-33(15-12-26(13-16-33)45(41,42)43)19-23-14-17-35(20-23)24-6-9-27-29(18-24)34(2)32(40)37(27)28-10-11-30(38)36(31(28)39)21-22-4-7-25(44-3)8-5-22/h4-9,12-13,15,18,23,28H,10-11,14,16-17,19-21H2,1-3H3,(H,41,42,43)/t23-,28?,33?/m1/s1. The summed E-state index contributed by atoms with van der Waals surface area (Å²) in [6, 6.07) is 12.3. The van der Waals surface area contributed by atoms with Crippen LogP contribution in [0.1, 0.15) is 50.6 Å². The number of piperidine rings is 1. The Labute approximate surface area is 262 Å². The second-order valence-electron chi connectivity index (χ2n) is 12.7. The van der Waals surface area contributed by atoms with Crippen LogP contribution in [0.5, 0.6) is 5.75 Å². The summed E-state index contributed by atoms with van der Waals surface area (Å²) in [5.41, 5.74) is 2.66. The molecule has 0 saturated carbocycles. The highest BCUT2D eigenvalue weighted by atomic mass is 32.2. The van der Waals surface area contributed by atoms with Crippen molar-refractivity contribution in [2.45, 2.75) is 51.6 Å². The number of aryl methyl sites for hydroxylation is 1. The molecule has 3 aromatic rings. The van der Waals surface area contributed by atoms with Crippen molar-refractivity contribution in [2.75, 3.05) is 25.1 Å². The fourth-order valence-electron chi connectivity index (χ4n) is 6.98. The third kappa shape index (κ3) is 5.96. The number of aromatic nitrogens is 2. The number of carbonyl (C=O) groups is 2. The number of carbonyl (C=O) groups excluding carboxylic acids is 2. The molecule has 1 aromatic heterocycles. The topological polar surface area (TPSA) is 131 Å². The van der Waals surface area contributed by atoms with E-state index in [4.69, 9.17) is 4.74 Å². The fraction of sp³-hybridized carbons (Fsp3) is 0.424. The highest BCUT2D eigenvalue weighted by Gasteiger charge is 2.38. The number of amides is 2. The summed E-state index contributed by atoms with van der Waals surface area (Å²) in [5.74, 6) is 0.438.